The van der Waals surface area contributed by atoms with Crippen molar-refractivity contribution in [1.82, 2.24) is 9.80 Å². The van der Waals surface area contributed by atoms with Gasteiger partial charge in [-0.25, -0.2) is 0 Å². The number of hydrogen-bond acceptors (Lipinski definition) is 4. The average Bonchev–Trinajstić information content (AvgIpc) is 2.72. The van der Waals surface area contributed by atoms with Crippen LogP contribution in [-0.2, 0) is 6.61 Å². The molecule has 2 aromatic rings. The number of carbonyl (C=O) groups is 1. The van der Waals surface area contributed by atoms with Crippen LogP contribution in [0, 0.1) is 11.3 Å². The van der Waals surface area contributed by atoms with Crippen LogP contribution < -0.4 is 4.74 Å². The summed E-state index contributed by atoms with van der Waals surface area (Å²) < 4.78 is 5.83. The van der Waals surface area contributed by atoms with Crippen LogP contribution in [0.2, 0.25) is 0 Å². The average molecular weight is 363 g/mol. The fourth-order valence-corrected chi connectivity index (χ4v) is 3.40. The molecule has 0 N–H and O–H groups in total. The molecule has 140 valence electrons. The summed E-state index contributed by atoms with van der Waals surface area (Å²) in [5.74, 6) is 0.687. The maximum absolute atomic E-state index is 12.8. The Hall–Kier alpha value is -2.84. The van der Waals surface area contributed by atoms with Crippen LogP contribution in [0.4, 0.5) is 0 Å². The Morgan fingerprint density at radius 2 is 1.93 bits per heavy atom. The van der Waals surface area contributed by atoms with Crippen LogP contribution in [0.15, 0.2) is 48.5 Å². The number of amides is 1. The zero-order valence-corrected chi connectivity index (χ0v) is 15.9. The monoisotopic (exact) mass is 363 g/mol. The van der Waals surface area contributed by atoms with Gasteiger partial charge in [0.05, 0.1) is 11.6 Å². The molecule has 27 heavy (non-hydrogen) atoms. The first-order valence-corrected chi connectivity index (χ1v) is 9.25. The van der Waals surface area contributed by atoms with Crippen molar-refractivity contribution >= 4 is 5.91 Å². The van der Waals surface area contributed by atoms with Gasteiger partial charge >= 0.3 is 0 Å². The molecule has 1 heterocycles. The van der Waals surface area contributed by atoms with Gasteiger partial charge in [0.15, 0.2) is 0 Å². The van der Waals surface area contributed by atoms with Crippen molar-refractivity contribution in [3.8, 4) is 11.8 Å². The molecule has 0 bridgehead atoms. The van der Waals surface area contributed by atoms with Gasteiger partial charge in [0.1, 0.15) is 12.4 Å². The van der Waals surface area contributed by atoms with Gasteiger partial charge < -0.3 is 14.5 Å². The summed E-state index contributed by atoms with van der Waals surface area (Å²) >= 11 is 0. The summed E-state index contributed by atoms with van der Waals surface area (Å²) in [6.07, 6.45) is 2.00. The molecule has 1 aliphatic rings. The summed E-state index contributed by atoms with van der Waals surface area (Å²) in [7, 11) is 4.18. The number of nitriles is 1. The molecule has 0 spiro atoms. The van der Waals surface area contributed by atoms with Crippen LogP contribution in [0.5, 0.6) is 5.75 Å². The topological polar surface area (TPSA) is 56.6 Å². The predicted octanol–water partition coefficient (Wildman–Crippen LogP) is 3.30. The lowest BCUT2D eigenvalue weighted by Crippen LogP contribution is -2.44. The zero-order chi connectivity index (χ0) is 19.2. The quantitative estimate of drug-likeness (QED) is 0.818. The number of benzene rings is 2. The third-order valence-corrected chi connectivity index (χ3v) is 5.10. The molecular formula is C22H25N3O2. The number of carbonyl (C=O) groups excluding carboxylic acids is 1. The molecule has 0 radical (unpaired) electrons. The van der Waals surface area contributed by atoms with E-state index in [1.165, 1.54) is 0 Å². The lowest BCUT2D eigenvalue weighted by Gasteiger charge is -2.35. The molecule has 1 fully saturated rings. The van der Waals surface area contributed by atoms with Gasteiger partial charge in [0.2, 0.25) is 0 Å². The van der Waals surface area contributed by atoms with E-state index in [2.05, 4.69) is 25.1 Å². The SMILES string of the molecule is CN(C)C1CCN(C(=O)c2cccc(OCc3ccccc3C#N)c2)CC1. The van der Waals surface area contributed by atoms with E-state index >= 15 is 0 Å². The van der Waals surface area contributed by atoms with Gasteiger partial charge in [-0.1, -0.05) is 24.3 Å². The van der Waals surface area contributed by atoms with E-state index < -0.39 is 0 Å². The minimum Gasteiger partial charge on any atom is -0.489 e. The fraction of sp³-hybridized carbons (Fsp3) is 0.364. The Bertz CT molecular complexity index is 833. The van der Waals surface area contributed by atoms with E-state index in [4.69, 9.17) is 4.74 Å². The van der Waals surface area contributed by atoms with E-state index in [-0.39, 0.29) is 5.91 Å². The molecule has 0 saturated carbocycles. The van der Waals surface area contributed by atoms with Gasteiger partial charge in [0.25, 0.3) is 5.91 Å². The Morgan fingerprint density at radius 3 is 2.63 bits per heavy atom. The third-order valence-electron chi connectivity index (χ3n) is 5.10. The molecule has 2 aromatic carbocycles. The second kappa shape index (κ2) is 8.70. The zero-order valence-electron chi connectivity index (χ0n) is 15.9. The van der Waals surface area contributed by atoms with Crippen molar-refractivity contribution in [3.63, 3.8) is 0 Å². The molecule has 0 unspecified atom stereocenters. The van der Waals surface area contributed by atoms with Crippen molar-refractivity contribution in [2.45, 2.75) is 25.5 Å². The first-order valence-electron chi connectivity index (χ1n) is 9.25. The molecular weight excluding hydrogens is 338 g/mol. The molecule has 5 heteroatoms. The summed E-state index contributed by atoms with van der Waals surface area (Å²) in [6, 6.07) is 17.4. The Morgan fingerprint density at radius 1 is 1.19 bits per heavy atom. The summed E-state index contributed by atoms with van der Waals surface area (Å²) in [5, 5.41) is 9.17. The summed E-state index contributed by atoms with van der Waals surface area (Å²) in [6.45, 7) is 1.86. The van der Waals surface area contributed by atoms with Crippen LogP contribution >= 0.6 is 0 Å². The van der Waals surface area contributed by atoms with Crippen LogP contribution in [-0.4, -0.2) is 48.9 Å². The normalized spacial score (nSPS) is 14.8. The Balaban J connectivity index is 1.63. The van der Waals surface area contributed by atoms with E-state index in [0.29, 0.717) is 29.5 Å². The summed E-state index contributed by atoms with van der Waals surface area (Å²) in [4.78, 5) is 17.0. The standard InChI is InChI=1S/C22H25N3O2/c1-24(2)20-10-12-25(13-11-20)22(26)17-8-5-9-21(14-17)27-16-19-7-4-3-6-18(19)15-23/h3-9,14,20H,10-13,16H2,1-2H3. The molecule has 3 rings (SSSR count). The predicted molar refractivity (Wildman–Crippen MR) is 105 cm³/mol. The van der Waals surface area contributed by atoms with Gasteiger partial charge in [0, 0.05) is 30.3 Å². The Kier molecular flexibility index (Phi) is 6.10. The van der Waals surface area contributed by atoms with Crippen molar-refractivity contribution in [1.29, 1.82) is 5.26 Å². The maximum atomic E-state index is 12.8. The molecule has 0 aromatic heterocycles. The molecule has 1 saturated heterocycles. The highest BCUT2D eigenvalue weighted by Gasteiger charge is 2.24. The van der Waals surface area contributed by atoms with Gasteiger partial charge in [-0.3, -0.25) is 4.79 Å². The number of ether oxygens (including phenoxy) is 1. The summed E-state index contributed by atoms with van der Waals surface area (Å²) in [5.41, 5.74) is 2.08. The molecule has 0 aliphatic carbocycles. The second-order valence-electron chi connectivity index (χ2n) is 7.07. The Labute approximate surface area is 160 Å². The lowest BCUT2D eigenvalue weighted by atomic mass is 10.0. The van der Waals surface area contributed by atoms with Crippen molar-refractivity contribution in [2.75, 3.05) is 27.2 Å². The lowest BCUT2D eigenvalue weighted by molar-refractivity contribution is 0.0663. The van der Waals surface area contributed by atoms with E-state index in [9.17, 15) is 10.1 Å². The van der Waals surface area contributed by atoms with E-state index in [1.807, 2.05) is 41.3 Å². The molecule has 5 nitrogen and oxygen atoms in total. The highest BCUT2D eigenvalue weighted by Crippen LogP contribution is 2.20. The molecule has 1 aliphatic heterocycles. The second-order valence-corrected chi connectivity index (χ2v) is 7.07. The number of piperidine rings is 1. The highest BCUT2D eigenvalue weighted by molar-refractivity contribution is 5.94. The minimum absolute atomic E-state index is 0.0510. The number of rotatable bonds is 5. The number of nitrogens with zero attached hydrogens (tertiary/aromatic N) is 3. The van der Waals surface area contributed by atoms with E-state index in [1.54, 1.807) is 12.1 Å². The van der Waals surface area contributed by atoms with Gasteiger partial charge in [-0.2, -0.15) is 5.26 Å². The van der Waals surface area contributed by atoms with Gasteiger partial charge in [-0.15, -0.1) is 0 Å². The van der Waals surface area contributed by atoms with Crippen LogP contribution in [0.1, 0.15) is 34.3 Å². The fourth-order valence-electron chi connectivity index (χ4n) is 3.40. The smallest absolute Gasteiger partial charge is 0.253 e. The maximum Gasteiger partial charge on any atom is 0.253 e. The third kappa shape index (κ3) is 4.66. The minimum atomic E-state index is 0.0510. The van der Waals surface area contributed by atoms with E-state index in [0.717, 1.165) is 31.5 Å². The number of likely N-dealkylation sites (tertiary alicyclic amines) is 1. The van der Waals surface area contributed by atoms with Crippen molar-refractivity contribution in [3.05, 3.63) is 65.2 Å². The van der Waals surface area contributed by atoms with Crippen LogP contribution in [0.25, 0.3) is 0 Å². The first kappa shape index (κ1) is 18.9. The van der Waals surface area contributed by atoms with Crippen molar-refractivity contribution in [2.24, 2.45) is 0 Å². The first-order chi connectivity index (χ1) is 13.1. The molecule has 1 amide bonds. The molecule has 0 atom stereocenters. The largest absolute Gasteiger partial charge is 0.489 e. The number of hydrogen-bond donors (Lipinski definition) is 0. The van der Waals surface area contributed by atoms with Crippen molar-refractivity contribution < 1.29 is 9.53 Å². The highest BCUT2D eigenvalue weighted by atomic mass is 16.5. The van der Waals surface area contributed by atoms with Crippen LogP contribution in [0.3, 0.4) is 0 Å². The van der Waals surface area contributed by atoms with Gasteiger partial charge in [-0.05, 0) is 51.2 Å².